The van der Waals surface area contributed by atoms with E-state index in [9.17, 15) is 14.4 Å². The largest absolute Gasteiger partial charge is 0.462 e. The highest BCUT2D eigenvalue weighted by atomic mass is 16.6. The van der Waals surface area contributed by atoms with E-state index in [0.29, 0.717) is 19.3 Å². The summed E-state index contributed by atoms with van der Waals surface area (Å²) in [4.78, 5) is 38.2. The molecule has 1 atom stereocenters. The molecule has 0 rings (SSSR count). The van der Waals surface area contributed by atoms with Crippen LogP contribution in [-0.2, 0) is 28.6 Å². The van der Waals surface area contributed by atoms with Gasteiger partial charge in [0, 0.05) is 19.3 Å². The van der Waals surface area contributed by atoms with Crippen LogP contribution in [0.3, 0.4) is 0 Å². The van der Waals surface area contributed by atoms with E-state index in [1.807, 2.05) is 0 Å². The Bertz CT molecular complexity index is 1100. The van der Waals surface area contributed by atoms with Gasteiger partial charge in [-0.25, -0.2) is 0 Å². The number of carbonyl (C=O) groups is 3. The Hall–Kier alpha value is -1.59. The van der Waals surface area contributed by atoms with Gasteiger partial charge in [-0.3, -0.25) is 14.4 Å². The van der Waals surface area contributed by atoms with E-state index in [1.165, 1.54) is 244 Å². The Balaban J connectivity index is 4.21. The van der Waals surface area contributed by atoms with Crippen molar-refractivity contribution in [2.75, 3.05) is 13.2 Å². The fourth-order valence-corrected chi connectivity index (χ4v) is 10.1. The zero-order valence-electron chi connectivity index (χ0n) is 49.0. The Labute approximate surface area is 444 Å². The van der Waals surface area contributed by atoms with Crippen LogP contribution in [0.4, 0.5) is 0 Å². The van der Waals surface area contributed by atoms with Crippen LogP contribution >= 0.6 is 0 Å². The highest BCUT2D eigenvalue weighted by molar-refractivity contribution is 5.71. The maximum atomic E-state index is 12.9. The molecule has 0 spiro atoms. The van der Waals surface area contributed by atoms with E-state index >= 15 is 0 Å². The Morgan fingerprint density at radius 2 is 0.408 bits per heavy atom. The third kappa shape index (κ3) is 59.2. The number of unbranched alkanes of at least 4 members (excludes halogenated alkanes) is 41. The summed E-state index contributed by atoms with van der Waals surface area (Å²) in [6.07, 6.45) is 61.2. The SMILES string of the molecule is CC(C)CCCCCCCCCCCCCCCCCCCCC(=O)OC[C@H](COC(=O)CCCCCCCCCCC(C)C)OC(=O)CCCCCCCCCCCCCCCCCCCCC(C)C. The number of ether oxygens (including phenoxy) is 3. The van der Waals surface area contributed by atoms with Crippen LogP contribution in [0.2, 0.25) is 0 Å². The summed E-state index contributed by atoms with van der Waals surface area (Å²) in [5.41, 5.74) is 0. The molecule has 0 aromatic carbocycles. The fraction of sp³-hybridized carbons (Fsp3) is 0.954. The highest BCUT2D eigenvalue weighted by Gasteiger charge is 2.19. The smallest absolute Gasteiger partial charge is 0.306 e. The number of hydrogen-bond donors (Lipinski definition) is 0. The minimum Gasteiger partial charge on any atom is -0.462 e. The first kappa shape index (κ1) is 69.4. The molecule has 0 fully saturated rings. The predicted octanol–water partition coefficient (Wildman–Crippen LogP) is 21.5. The fourth-order valence-electron chi connectivity index (χ4n) is 10.1. The van der Waals surface area contributed by atoms with Gasteiger partial charge in [0.25, 0.3) is 0 Å². The summed E-state index contributed by atoms with van der Waals surface area (Å²) in [5, 5.41) is 0. The van der Waals surface area contributed by atoms with Crippen molar-refractivity contribution in [2.45, 2.75) is 369 Å². The summed E-state index contributed by atoms with van der Waals surface area (Å²) >= 11 is 0. The molecular weight excluding hydrogens is 877 g/mol. The van der Waals surface area contributed by atoms with Crippen LogP contribution in [-0.4, -0.2) is 37.2 Å². The van der Waals surface area contributed by atoms with Crippen LogP contribution < -0.4 is 0 Å². The highest BCUT2D eigenvalue weighted by Crippen LogP contribution is 2.19. The Morgan fingerprint density at radius 1 is 0.239 bits per heavy atom. The summed E-state index contributed by atoms with van der Waals surface area (Å²) in [6.45, 7) is 13.8. The Morgan fingerprint density at radius 3 is 0.606 bits per heavy atom. The van der Waals surface area contributed by atoms with Gasteiger partial charge in [-0.2, -0.15) is 0 Å². The van der Waals surface area contributed by atoms with Gasteiger partial charge in [0.05, 0.1) is 0 Å². The maximum absolute atomic E-state index is 12.9. The lowest BCUT2D eigenvalue weighted by Crippen LogP contribution is -2.30. The zero-order chi connectivity index (χ0) is 51.9. The molecule has 0 N–H and O–H groups in total. The van der Waals surface area contributed by atoms with Crippen LogP contribution in [0, 0.1) is 17.8 Å². The minimum absolute atomic E-state index is 0.0630. The van der Waals surface area contributed by atoms with E-state index in [4.69, 9.17) is 14.2 Å². The van der Waals surface area contributed by atoms with Crippen molar-refractivity contribution in [1.29, 1.82) is 0 Å². The van der Waals surface area contributed by atoms with Crippen LogP contribution in [0.15, 0.2) is 0 Å². The van der Waals surface area contributed by atoms with Crippen molar-refractivity contribution in [3.63, 3.8) is 0 Å². The molecule has 71 heavy (non-hydrogen) atoms. The van der Waals surface area contributed by atoms with Gasteiger partial charge in [-0.1, -0.05) is 324 Å². The summed E-state index contributed by atoms with van der Waals surface area (Å²) in [5.74, 6) is 1.67. The van der Waals surface area contributed by atoms with Crippen molar-refractivity contribution in [3.8, 4) is 0 Å². The standard InChI is InChI=1S/C65H126O6/c1-59(2)51-45-39-33-27-23-19-15-11-7-9-13-17-21-25-29-36-42-48-54-63(66)69-57-62(58-70-64(67)55-49-43-37-32-31-35-41-47-53-61(5)6)71-65(68)56-50-44-38-30-26-22-18-14-10-8-12-16-20-24-28-34-40-46-52-60(3)4/h59-62H,7-58H2,1-6H3/t62-/m1/s1. The lowest BCUT2D eigenvalue weighted by Gasteiger charge is -2.18. The van der Waals surface area contributed by atoms with Gasteiger partial charge in [0.1, 0.15) is 13.2 Å². The maximum Gasteiger partial charge on any atom is 0.306 e. The van der Waals surface area contributed by atoms with Crippen molar-refractivity contribution >= 4 is 17.9 Å². The molecule has 0 aliphatic carbocycles. The average Bonchev–Trinajstić information content (AvgIpc) is 3.33. The molecule has 0 heterocycles. The molecule has 0 aromatic rings. The van der Waals surface area contributed by atoms with Gasteiger partial charge in [0.15, 0.2) is 6.10 Å². The van der Waals surface area contributed by atoms with Crippen LogP contribution in [0.1, 0.15) is 363 Å². The van der Waals surface area contributed by atoms with Gasteiger partial charge in [0.2, 0.25) is 0 Å². The second-order valence-electron chi connectivity index (χ2n) is 23.8. The summed E-state index contributed by atoms with van der Waals surface area (Å²) < 4.78 is 16.9. The van der Waals surface area contributed by atoms with Crippen molar-refractivity contribution in [3.05, 3.63) is 0 Å². The minimum atomic E-state index is -0.764. The molecule has 422 valence electrons. The van der Waals surface area contributed by atoms with Gasteiger partial charge >= 0.3 is 17.9 Å². The first-order valence-corrected chi connectivity index (χ1v) is 32.1. The van der Waals surface area contributed by atoms with Gasteiger partial charge in [-0.05, 0) is 37.0 Å². The molecule has 6 heteroatoms. The molecule has 0 bridgehead atoms. The second kappa shape index (κ2) is 56.1. The molecular formula is C65H126O6. The molecule has 0 aliphatic heterocycles. The number of hydrogen-bond acceptors (Lipinski definition) is 6. The quantitative estimate of drug-likeness (QED) is 0.0343. The van der Waals surface area contributed by atoms with E-state index in [0.717, 1.165) is 75.5 Å². The van der Waals surface area contributed by atoms with Gasteiger partial charge < -0.3 is 14.2 Å². The molecule has 6 nitrogen and oxygen atoms in total. The van der Waals surface area contributed by atoms with E-state index in [-0.39, 0.29) is 31.1 Å². The third-order valence-electron chi connectivity index (χ3n) is 14.9. The normalized spacial score (nSPS) is 12.1. The van der Waals surface area contributed by atoms with Crippen LogP contribution in [0.5, 0.6) is 0 Å². The number of rotatable bonds is 58. The second-order valence-corrected chi connectivity index (χ2v) is 23.8. The molecule has 0 saturated heterocycles. The third-order valence-corrected chi connectivity index (χ3v) is 14.9. The van der Waals surface area contributed by atoms with E-state index in [1.54, 1.807) is 0 Å². The van der Waals surface area contributed by atoms with Crippen molar-refractivity contribution in [2.24, 2.45) is 17.8 Å². The first-order chi connectivity index (χ1) is 34.6. The van der Waals surface area contributed by atoms with Crippen LogP contribution in [0.25, 0.3) is 0 Å². The molecule has 0 amide bonds. The molecule has 0 radical (unpaired) electrons. The molecule has 0 saturated carbocycles. The molecule has 0 unspecified atom stereocenters. The van der Waals surface area contributed by atoms with Gasteiger partial charge in [-0.15, -0.1) is 0 Å². The summed E-state index contributed by atoms with van der Waals surface area (Å²) in [7, 11) is 0. The van der Waals surface area contributed by atoms with E-state index in [2.05, 4.69) is 41.5 Å². The lowest BCUT2D eigenvalue weighted by atomic mass is 10.0. The molecule has 0 aromatic heterocycles. The first-order valence-electron chi connectivity index (χ1n) is 32.1. The van der Waals surface area contributed by atoms with Crippen molar-refractivity contribution in [1.82, 2.24) is 0 Å². The predicted molar refractivity (Wildman–Crippen MR) is 307 cm³/mol. The average molecular weight is 1000 g/mol. The molecule has 0 aliphatic rings. The topological polar surface area (TPSA) is 78.9 Å². The van der Waals surface area contributed by atoms with E-state index < -0.39 is 6.10 Å². The lowest BCUT2D eigenvalue weighted by molar-refractivity contribution is -0.167. The van der Waals surface area contributed by atoms with Crippen molar-refractivity contribution < 1.29 is 28.6 Å². The Kier molecular flexibility index (Phi) is 54.9. The monoisotopic (exact) mass is 1000 g/mol. The zero-order valence-corrected chi connectivity index (χ0v) is 49.0. The summed E-state index contributed by atoms with van der Waals surface area (Å²) in [6, 6.07) is 0. The number of carbonyl (C=O) groups excluding carboxylic acids is 3. The number of esters is 3.